The molecule has 2 aromatic heterocycles. The van der Waals surface area contributed by atoms with Gasteiger partial charge in [0.15, 0.2) is 0 Å². The van der Waals surface area contributed by atoms with Crippen molar-refractivity contribution in [3.63, 3.8) is 0 Å². The molecule has 2 atom stereocenters. The highest BCUT2D eigenvalue weighted by atomic mass is 19.1. The van der Waals surface area contributed by atoms with Crippen LogP contribution in [-0.2, 0) is 10.5 Å². The molecule has 11 heteroatoms. The number of nitrogens with one attached hydrogen (secondary N) is 2. The fourth-order valence-corrected chi connectivity index (χ4v) is 6.53. The molecule has 0 radical (unpaired) electrons. The molecule has 10 nitrogen and oxygen atoms in total. The Morgan fingerprint density at radius 2 is 1.56 bits per heavy atom. The number of phenols is 2. The van der Waals surface area contributed by atoms with Gasteiger partial charge < -0.3 is 25.6 Å². The molecule has 2 aliphatic heterocycles. The van der Waals surface area contributed by atoms with Gasteiger partial charge in [-0.3, -0.25) is 4.79 Å². The summed E-state index contributed by atoms with van der Waals surface area (Å²) in [5, 5.41) is 37.0. The Hall–Kier alpha value is -6.36. The lowest BCUT2D eigenvalue weighted by molar-refractivity contribution is -0.121. The maximum Gasteiger partial charge on any atom is 0.255 e. The second kappa shape index (κ2) is 10.9. The van der Waals surface area contributed by atoms with E-state index in [0.717, 1.165) is 11.4 Å². The number of hydrogen-bond acceptors (Lipinski definition) is 7. The van der Waals surface area contributed by atoms with Gasteiger partial charge in [-0.05, 0) is 74.5 Å². The molecule has 2 unspecified atom stereocenters. The quantitative estimate of drug-likeness (QED) is 0.185. The summed E-state index contributed by atoms with van der Waals surface area (Å²) < 4.78 is 24.2. The van der Waals surface area contributed by atoms with E-state index in [2.05, 4.69) is 10.6 Å². The lowest BCUT2D eigenvalue weighted by Crippen LogP contribution is -2.59. The molecule has 0 spiro atoms. The predicted octanol–water partition coefficient (Wildman–Crippen LogP) is 5.91. The summed E-state index contributed by atoms with van der Waals surface area (Å²) in [5.41, 5.74) is 4.02. The smallest absolute Gasteiger partial charge is 0.255 e. The van der Waals surface area contributed by atoms with E-state index >= 15 is 0 Å². The average molecular weight is 641 g/mol. The molecular weight excluding hydrogens is 611 g/mol. The molecular formula is C37H29FN6O4. The topological polar surface area (TPSA) is 126 Å². The normalized spacial score (nSPS) is 18.4. The number of halogens is 1. The van der Waals surface area contributed by atoms with Gasteiger partial charge in [0.05, 0.1) is 39.8 Å². The van der Waals surface area contributed by atoms with Crippen LogP contribution in [-0.4, -0.2) is 35.7 Å². The monoisotopic (exact) mass is 640 g/mol. The number of amides is 1. The Morgan fingerprint density at radius 1 is 0.875 bits per heavy atom. The van der Waals surface area contributed by atoms with Crippen LogP contribution < -0.4 is 15.4 Å². The lowest BCUT2D eigenvalue weighted by atomic mass is 9.81. The van der Waals surface area contributed by atoms with Gasteiger partial charge in [-0.25, -0.2) is 13.8 Å². The Kier molecular flexibility index (Phi) is 6.58. The van der Waals surface area contributed by atoms with E-state index < -0.39 is 17.5 Å². The fraction of sp³-hybridized carbons (Fsp3) is 0.108. The molecule has 0 aliphatic carbocycles. The SMILES string of the molecule is Cc1nn(-c2ccccc2)c2c1C(c1cn(-c3ccccc3)nc1-c1ccc(F)cc1)C1=C(NC(C)(c3ccc(O)cc3O)NC1=O)O2. The number of aromatic hydroxyl groups is 2. The molecule has 4 N–H and O–H groups in total. The molecule has 0 fully saturated rings. The third-order valence-corrected chi connectivity index (χ3v) is 8.77. The van der Waals surface area contributed by atoms with Crippen LogP contribution in [0.25, 0.3) is 22.6 Å². The first-order valence-corrected chi connectivity index (χ1v) is 15.3. The first kappa shape index (κ1) is 29.1. The third kappa shape index (κ3) is 4.66. The fourth-order valence-electron chi connectivity index (χ4n) is 6.53. The Morgan fingerprint density at radius 3 is 2.25 bits per heavy atom. The molecule has 4 aromatic carbocycles. The number of ether oxygens (including phenoxy) is 1. The van der Waals surface area contributed by atoms with Crippen molar-refractivity contribution in [3.8, 4) is 40.0 Å². The standard InChI is InChI=1S/C37H29FN6O4/c1-21-30-31(27-20-43(24-9-5-3-6-10-24)42-33(27)22-13-15-23(38)16-14-22)32-34(47)39-37(2,28-18-17-26(45)19-29(28)46)40-35(32)48-36(30)44(41-21)25-11-7-4-8-12-25/h3-20,31,40,45-46H,1-2H3,(H,39,47). The Labute approximate surface area is 274 Å². The largest absolute Gasteiger partial charge is 0.508 e. The van der Waals surface area contributed by atoms with Crippen LogP contribution >= 0.6 is 0 Å². The maximum absolute atomic E-state index is 14.4. The van der Waals surface area contributed by atoms with Crippen molar-refractivity contribution in [1.82, 2.24) is 30.2 Å². The van der Waals surface area contributed by atoms with E-state index in [-0.39, 0.29) is 28.8 Å². The number of nitrogens with zero attached hydrogens (tertiary/aromatic N) is 4. The van der Waals surface area contributed by atoms with Crippen molar-refractivity contribution >= 4 is 5.91 Å². The molecule has 0 bridgehead atoms. The number of hydrogen-bond donors (Lipinski definition) is 4. The second-order valence-electron chi connectivity index (χ2n) is 12.0. The Balaban J connectivity index is 1.38. The number of benzene rings is 4. The van der Waals surface area contributed by atoms with Crippen molar-refractivity contribution in [2.75, 3.05) is 0 Å². The summed E-state index contributed by atoms with van der Waals surface area (Å²) in [6.07, 6.45) is 1.88. The zero-order valence-corrected chi connectivity index (χ0v) is 25.8. The molecule has 0 saturated carbocycles. The summed E-state index contributed by atoms with van der Waals surface area (Å²) in [6, 6.07) is 29.4. The highest BCUT2D eigenvalue weighted by Crippen LogP contribution is 2.49. The molecule has 2 aliphatic rings. The molecule has 238 valence electrons. The van der Waals surface area contributed by atoms with Gasteiger partial charge in [0.25, 0.3) is 5.91 Å². The van der Waals surface area contributed by atoms with Gasteiger partial charge in [0, 0.05) is 29.0 Å². The van der Waals surface area contributed by atoms with E-state index in [9.17, 15) is 19.4 Å². The zero-order valence-electron chi connectivity index (χ0n) is 25.8. The first-order valence-electron chi connectivity index (χ1n) is 15.3. The highest BCUT2D eigenvalue weighted by Gasteiger charge is 2.48. The van der Waals surface area contributed by atoms with Crippen molar-refractivity contribution in [2.24, 2.45) is 0 Å². The van der Waals surface area contributed by atoms with Crippen LogP contribution in [0.1, 0.15) is 35.2 Å². The third-order valence-electron chi connectivity index (χ3n) is 8.77. The number of para-hydroxylation sites is 2. The van der Waals surface area contributed by atoms with Crippen LogP contribution in [0.4, 0.5) is 4.39 Å². The van der Waals surface area contributed by atoms with Crippen molar-refractivity contribution in [2.45, 2.75) is 25.4 Å². The number of rotatable bonds is 5. The van der Waals surface area contributed by atoms with Crippen LogP contribution in [0.3, 0.4) is 0 Å². The van der Waals surface area contributed by atoms with Gasteiger partial charge in [-0.1, -0.05) is 36.4 Å². The van der Waals surface area contributed by atoms with Crippen LogP contribution in [0.15, 0.2) is 121 Å². The van der Waals surface area contributed by atoms with Gasteiger partial charge >= 0.3 is 0 Å². The van der Waals surface area contributed by atoms with E-state index in [1.807, 2.05) is 73.8 Å². The minimum absolute atomic E-state index is 0.119. The van der Waals surface area contributed by atoms with Gasteiger partial charge in [-0.2, -0.15) is 10.2 Å². The van der Waals surface area contributed by atoms with E-state index in [1.165, 1.54) is 30.3 Å². The molecule has 4 heterocycles. The summed E-state index contributed by atoms with van der Waals surface area (Å²) >= 11 is 0. The van der Waals surface area contributed by atoms with Crippen LogP contribution in [0, 0.1) is 12.7 Å². The molecule has 1 amide bonds. The Bertz CT molecular complexity index is 2250. The molecule has 48 heavy (non-hydrogen) atoms. The lowest BCUT2D eigenvalue weighted by Gasteiger charge is -2.42. The number of aromatic nitrogens is 4. The maximum atomic E-state index is 14.4. The summed E-state index contributed by atoms with van der Waals surface area (Å²) in [6.45, 7) is 3.57. The van der Waals surface area contributed by atoms with E-state index in [1.54, 1.807) is 28.4 Å². The predicted molar refractivity (Wildman–Crippen MR) is 175 cm³/mol. The highest BCUT2D eigenvalue weighted by molar-refractivity contribution is 5.99. The molecule has 0 saturated heterocycles. The minimum atomic E-state index is -1.32. The first-order chi connectivity index (χ1) is 23.2. The summed E-state index contributed by atoms with van der Waals surface area (Å²) in [7, 11) is 0. The van der Waals surface area contributed by atoms with Crippen molar-refractivity contribution in [3.05, 3.63) is 149 Å². The zero-order chi connectivity index (χ0) is 33.2. The molecule has 8 rings (SSSR count). The van der Waals surface area contributed by atoms with Crippen LogP contribution in [0.5, 0.6) is 17.4 Å². The summed E-state index contributed by atoms with van der Waals surface area (Å²) in [4.78, 5) is 14.4. The number of phenolic OH excluding ortho intramolecular Hbond substituents is 2. The number of aryl methyl sites for hydroxylation is 1. The van der Waals surface area contributed by atoms with Crippen molar-refractivity contribution < 1.29 is 24.1 Å². The van der Waals surface area contributed by atoms with E-state index in [0.29, 0.717) is 39.5 Å². The number of fused-ring (bicyclic) bond motifs is 1. The van der Waals surface area contributed by atoms with E-state index in [4.69, 9.17) is 14.9 Å². The van der Waals surface area contributed by atoms with Gasteiger partial charge in [0.2, 0.25) is 11.8 Å². The average Bonchev–Trinajstić information content (AvgIpc) is 3.66. The summed E-state index contributed by atoms with van der Waals surface area (Å²) in [5.74, 6) is -1.32. The van der Waals surface area contributed by atoms with Gasteiger partial charge in [0.1, 0.15) is 23.0 Å². The number of carbonyl (C=O) groups excluding carboxylic acids is 1. The molecule has 6 aromatic rings. The van der Waals surface area contributed by atoms with Crippen molar-refractivity contribution in [1.29, 1.82) is 0 Å². The number of carbonyl (C=O) groups is 1. The second-order valence-corrected chi connectivity index (χ2v) is 12.0. The van der Waals surface area contributed by atoms with Gasteiger partial charge in [-0.15, -0.1) is 0 Å². The minimum Gasteiger partial charge on any atom is -0.508 e. The van der Waals surface area contributed by atoms with Crippen LogP contribution in [0.2, 0.25) is 0 Å².